The second-order valence-corrected chi connectivity index (χ2v) is 3.74. The summed E-state index contributed by atoms with van der Waals surface area (Å²) in [6.07, 6.45) is 0. The van der Waals surface area contributed by atoms with Gasteiger partial charge in [0.05, 0.1) is 0 Å². The Labute approximate surface area is 101 Å². The molecule has 2 rings (SSSR count). The van der Waals surface area contributed by atoms with Gasteiger partial charge in [-0.05, 0) is 12.2 Å². The maximum absolute atomic E-state index is 12.0. The highest BCUT2D eigenvalue weighted by molar-refractivity contribution is 7.71. The number of aromatic hydroxyl groups is 1. The van der Waals surface area contributed by atoms with Crippen LogP contribution in [0.3, 0.4) is 0 Å². The van der Waals surface area contributed by atoms with Gasteiger partial charge in [-0.25, -0.2) is 0 Å². The van der Waals surface area contributed by atoms with Crippen molar-refractivity contribution in [3.63, 3.8) is 0 Å². The molecule has 0 radical (unpaired) electrons. The molecule has 0 saturated carbocycles. The van der Waals surface area contributed by atoms with Gasteiger partial charge >= 0.3 is 0 Å². The number of carbonyl (C=O) groups excluding carboxylic acids is 1. The maximum atomic E-state index is 12.0. The van der Waals surface area contributed by atoms with Crippen LogP contribution in [-0.4, -0.2) is 20.9 Å². The fourth-order valence-corrected chi connectivity index (χ4v) is 1.61. The molecule has 0 atom stereocenters. The van der Waals surface area contributed by atoms with Crippen molar-refractivity contribution in [3.05, 3.63) is 56.6 Å². The van der Waals surface area contributed by atoms with E-state index in [9.17, 15) is 14.7 Å². The van der Waals surface area contributed by atoms with E-state index < -0.39 is 17.2 Å². The first-order valence-corrected chi connectivity index (χ1v) is 5.15. The number of nitrogens with one attached hydrogen (secondary N) is 2. The first-order chi connectivity index (χ1) is 8.09. The largest absolute Gasteiger partial charge is 0.494 e. The van der Waals surface area contributed by atoms with Crippen LogP contribution in [0.25, 0.3) is 0 Å². The Morgan fingerprint density at radius 3 is 2.41 bits per heavy atom. The number of aromatic nitrogens is 2. The Hall–Kier alpha value is -2.21. The molecule has 0 spiro atoms. The zero-order valence-corrected chi connectivity index (χ0v) is 9.38. The minimum atomic E-state index is -0.708. The van der Waals surface area contributed by atoms with Crippen molar-refractivity contribution in [1.82, 2.24) is 9.97 Å². The Bertz CT molecular complexity index is 673. The molecule has 17 heavy (non-hydrogen) atoms. The van der Waals surface area contributed by atoms with Gasteiger partial charge in [0.15, 0.2) is 4.77 Å². The van der Waals surface area contributed by atoms with E-state index in [-0.39, 0.29) is 10.3 Å². The van der Waals surface area contributed by atoms with E-state index in [0.29, 0.717) is 5.56 Å². The number of ketones is 1. The normalized spacial score (nSPS) is 10.1. The minimum Gasteiger partial charge on any atom is -0.494 e. The summed E-state index contributed by atoms with van der Waals surface area (Å²) in [5, 5.41) is 9.54. The fourth-order valence-electron chi connectivity index (χ4n) is 1.42. The molecule has 0 aliphatic heterocycles. The van der Waals surface area contributed by atoms with Crippen LogP contribution in [0.4, 0.5) is 0 Å². The zero-order valence-electron chi connectivity index (χ0n) is 8.56. The SMILES string of the molecule is O=C(c1ccccc1)c1c(O)[nH]c(=S)[nH]c1=O. The smallest absolute Gasteiger partial charge is 0.266 e. The van der Waals surface area contributed by atoms with Crippen LogP contribution in [0.15, 0.2) is 35.1 Å². The molecule has 86 valence electrons. The molecule has 0 unspecified atom stereocenters. The third-order valence-corrected chi connectivity index (χ3v) is 2.39. The third kappa shape index (κ3) is 2.16. The van der Waals surface area contributed by atoms with Crippen LogP contribution < -0.4 is 5.56 Å². The summed E-state index contributed by atoms with van der Waals surface area (Å²) >= 11 is 4.67. The molecule has 0 aliphatic carbocycles. The second-order valence-electron chi connectivity index (χ2n) is 3.33. The van der Waals surface area contributed by atoms with Gasteiger partial charge in [-0.2, -0.15) is 0 Å². The Morgan fingerprint density at radius 1 is 1.18 bits per heavy atom. The van der Waals surface area contributed by atoms with E-state index in [4.69, 9.17) is 0 Å². The lowest BCUT2D eigenvalue weighted by atomic mass is 10.1. The van der Waals surface area contributed by atoms with Gasteiger partial charge in [-0.3, -0.25) is 14.6 Å². The van der Waals surface area contributed by atoms with Crippen molar-refractivity contribution in [2.75, 3.05) is 0 Å². The van der Waals surface area contributed by atoms with Crippen molar-refractivity contribution >= 4 is 18.0 Å². The molecule has 0 aliphatic rings. The van der Waals surface area contributed by atoms with Crippen LogP contribution in [0.5, 0.6) is 5.88 Å². The van der Waals surface area contributed by atoms with Crippen molar-refractivity contribution < 1.29 is 9.90 Å². The Kier molecular flexibility index (Phi) is 2.88. The number of H-pyrrole nitrogens is 2. The number of carbonyl (C=O) groups is 1. The lowest BCUT2D eigenvalue weighted by Gasteiger charge is -2.02. The minimum absolute atomic E-state index is 0.0305. The highest BCUT2D eigenvalue weighted by Gasteiger charge is 2.18. The van der Waals surface area contributed by atoms with Gasteiger partial charge in [0.2, 0.25) is 11.7 Å². The standard InChI is InChI=1S/C11H8N2O3S/c14-8(6-4-2-1-3-5-6)7-9(15)12-11(17)13-10(7)16/h1-5H,(H3,12,13,15,16,17). The van der Waals surface area contributed by atoms with Crippen molar-refractivity contribution in [3.8, 4) is 5.88 Å². The van der Waals surface area contributed by atoms with E-state index in [0.717, 1.165) is 0 Å². The highest BCUT2D eigenvalue weighted by atomic mass is 32.1. The lowest BCUT2D eigenvalue weighted by molar-refractivity contribution is 0.103. The van der Waals surface area contributed by atoms with Crippen LogP contribution in [-0.2, 0) is 0 Å². The first-order valence-electron chi connectivity index (χ1n) is 4.75. The summed E-state index contributed by atoms with van der Waals surface area (Å²) in [4.78, 5) is 28.1. The molecular formula is C11H8N2O3S. The van der Waals surface area contributed by atoms with Gasteiger partial charge < -0.3 is 10.1 Å². The van der Waals surface area contributed by atoms with Gasteiger partial charge in [0.25, 0.3) is 5.56 Å². The summed E-state index contributed by atoms with van der Waals surface area (Å²) in [6, 6.07) is 8.21. The molecule has 0 fully saturated rings. The predicted molar refractivity (Wildman–Crippen MR) is 63.8 cm³/mol. The molecule has 1 aromatic carbocycles. The number of aromatic amines is 2. The molecule has 2 aromatic rings. The van der Waals surface area contributed by atoms with Gasteiger partial charge in [-0.1, -0.05) is 30.3 Å². The van der Waals surface area contributed by atoms with E-state index in [1.54, 1.807) is 30.3 Å². The average molecular weight is 248 g/mol. The summed E-state index contributed by atoms with van der Waals surface area (Å²) in [5.41, 5.74) is -0.733. The predicted octanol–water partition coefficient (Wildman–Crippen LogP) is 1.37. The van der Waals surface area contributed by atoms with Gasteiger partial charge in [0, 0.05) is 5.56 Å². The molecule has 6 heteroatoms. The van der Waals surface area contributed by atoms with Gasteiger partial charge in [-0.15, -0.1) is 0 Å². The molecule has 3 N–H and O–H groups in total. The summed E-state index contributed by atoms with van der Waals surface area (Å²) in [6.45, 7) is 0. The van der Waals surface area contributed by atoms with Crippen molar-refractivity contribution in [2.24, 2.45) is 0 Å². The molecular weight excluding hydrogens is 240 g/mol. The molecule has 1 heterocycles. The first kappa shape index (κ1) is 11.3. The Balaban J connectivity index is 2.60. The van der Waals surface area contributed by atoms with Crippen LogP contribution in [0, 0.1) is 4.77 Å². The highest BCUT2D eigenvalue weighted by Crippen LogP contribution is 2.13. The molecule has 0 saturated heterocycles. The van der Waals surface area contributed by atoms with E-state index in [1.165, 1.54) is 0 Å². The topological polar surface area (TPSA) is 85.9 Å². The number of hydrogen-bond donors (Lipinski definition) is 3. The Morgan fingerprint density at radius 2 is 1.82 bits per heavy atom. The van der Waals surface area contributed by atoms with E-state index >= 15 is 0 Å². The van der Waals surface area contributed by atoms with Crippen LogP contribution in [0.2, 0.25) is 0 Å². The van der Waals surface area contributed by atoms with Crippen molar-refractivity contribution in [1.29, 1.82) is 0 Å². The number of rotatable bonds is 2. The third-order valence-electron chi connectivity index (χ3n) is 2.19. The maximum Gasteiger partial charge on any atom is 0.266 e. The molecule has 1 aromatic heterocycles. The number of hydrogen-bond acceptors (Lipinski definition) is 4. The molecule has 0 bridgehead atoms. The van der Waals surface area contributed by atoms with Crippen LogP contribution in [0.1, 0.15) is 15.9 Å². The molecule has 0 amide bonds. The fraction of sp³-hybridized carbons (Fsp3) is 0. The van der Waals surface area contributed by atoms with E-state index in [2.05, 4.69) is 22.2 Å². The summed E-state index contributed by atoms with van der Waals surface area (Å²) < 4.78 is -0.0305. The summed E-state index contributed by atoms with van der Waals surface area (Å²) in [7, 11) is 0. The van der Waals surface area contributed by atoms with Crippen LogP contribution >= 0.6 is 12.2 Å². The quantitative estimate of drug-likeness (QED) is 0.553. The van der Waals surface area contributed by atoms with Gasteiger partial charge in [0.1, 0.15) is 5.56 Å². The summed E-state index contributed by atoms with van der Waals surface area (Å²) in [5.74, 6) is -1.08. The second kappa shape index (κ2) is 4.34. The van der Waals surface area contributed by atoms with Crippen molar-refractivity contribution in [2.45, 2.75) is 0 Å². The zero-order chi connectivity index (χ0) is 12.4. The average Bonchev–Trinajstić information content (AvgIpc) is 2.28. The monoisotopic (exact) mass is 248 g/mol. The molecule has 5 nitrogen and oxygen atoms in total. The van der Waals surface area contributed by atoms with E-state index in [1.807, 2.05) is 0 Å². The number of benzene rings is 1. The lowest BCUT2D eigenvalue weighted by Crippen LogP contribution is -2.19.